The van der Waals surface area contributed by atoms with Crippen molar-refractivity contribution < 1.29 is 34.8 Å². The maximum atomic E-state index is 13.1. The number of carbonyl (C=O) groups excluding carboxylic acids is 2. The Morgan fingerprint density at radius 3 is 1.06 bits per heavy atom. The lowest BCUT2D eigenvalue weighted by atomic mass is 9.93. The van der Waals surface area contributed by atoms with E-state index in [9.17, 15) is 30.0 Å². The Labute approximate surface area is 301 Å². The first kappa shape index (κ1) is 47.5. The molecule has 4 unspecified atom stereocenters. The highest BCUT2D eigenvalue weighted by atomic mass is 16.6. The summed E-state index contributed by atoms with van der Waals surface area (Å²) < 4.78 is 5.32. The summed E-state index contributed by atoms with van der Waals surface area (Å²) in [6.07, 6.45) is 35.9. The lowest BCUT2D eigenvalue weighted by Gasteiger charge is -2.21. The van der Waals surface area contributed by atoms with Crippen LogP contribution in [0.1, 0.15) is 194 Å². The van der Waals surface area contributed by atoms with Crippen molar-refractivity contribution in [1.82, 2.24) is 0 Å². The largest absolute Gasteiger partial charge is 0.394 e. The van der Waals surface area contributed by atoms with Crippen LogP contribution in [0.25, 0.3) is 0 Å². The SMILES string of the molecule is CCCCCCCCC=CCCCCCCC(CC(O)CO)C(=O)OC(=O)C(CCCCCCC=CCCCCCCCC)CC(O)CO. The fourth-order valence-corrected chi connectivity index (χ4v) is 6.30. The summed E-state index contributed by atoms with van der Waals surface area (Å²) in [5.41, 5.74) is 0. The van der Waals surface area contributed by atoms with E-state index >= 15 is 0 Å². The van der Waals surface area contributed by atoms with Gasteiger partial charge >= 0.3 is 11.9 Å². The van der Waals surface area contributed by atoms with Crippen molar-refractivity contribution in [3.05, 3.63) is 24.3 Å². The summed E-state index contributed by atoms with van der Waals surface area (Å²) in [7, 11) is 0. The standard InChI is InChI=1S/C42H78O7/c1-3-5-7-9-11-13-15-17-19-21-23-25-27-29-31-37(33-39(45)35-43)41(47)49-42(48)38(34-40(46)36-44)32-30-28-26-24-22-20-18-16-14-12-10-8-6-4-2/h17-20,37-40,43-46H,3-16,21-36H2,1-2H3. The molecule has 4 N–H and O–H groups in total. The number of unbranched alkanes of at least 4 members (excludes halogenated alkanes) is 20. The molecule has 0 aromatic rings. The van der Waals surface area contributed by atoms with Crippen LogP contribution in [0.4, 0.5) is 0 Å². The van der Waals surface area contributed by atoms with Crippen molar-refractivity contribution in [2.45, 2.75) is 206 Å². The Hall–Kier alpha value is -1.54. The first-order valence-electron chi connectivity index (χ1n) is 20.5. The van der Waals surface area contributed by atoms with Crippen LogP contribution >= 0.6 is 0 Å². The zero-order chi connectivity index (χ0) is 36.2. The number of esters is 2. The number of rotatable bonds is 36. The molecule has 0 rings (SSSR count). The molecule has 49 heavy (non-hydrogen) atoms. The first-order chi connectivity index (χ1) is 23.9. The van der Waals surface area contributed by atoms with Gasteiger partial charge in [0.05, 0.1) is 37.3 Å². The van der Waals surface area contributed by atoms with E-state index in [1.807, 2.05) is 0 Å². The fraction of sp³-hybridized carbons (Fsp3) is 0.857. The van der Waals surface area contributed by atoms with E-state index in [0.717, 1.165) is 77.0 Å². The van der Waals surface area contributed by atoms with Crippen LogP contribution in [-0.2, 0) is 14.3 Å². The van der Waals surface area contributed by atoms with Crippen molar-refractivity contribution in [2.24, 2.45) is 11.8 Å². The van der Waals surface area contributed by atoms with Crippen LogP contribution in [0.5, 0.6) is 0 Å². The fourth-order valence-electron chi connectivity index (χ4n) is 6.30. The molecule has 0 aliphatic rings. The summed E-state index contributed by atoms with van der Waals surface area (Å²) in [5, 5.41) is 38.9. The average molecular weight is 695 g/mol. The van der Waals surface area contributed by atoms with Crippen molar-refractivity contribution in [2.75, 3.05) is 13.2 Å². The zero-order valence-electron chi connectivity index (χ0n) is 31.8. The predicted molar refractivity (Wildman–Crippen MR) is 203 cm³/mol. The van der Waals surface area contributed by atoms with Crippen LogP contribution in [0, 0.1) is 11.8 Å². The quantitative estimate of drug-likeness (QED) is 0.0223. The minimum atomic E-state index is -1.05. The summed E-state index contributed by atoms with van der Waals surface area (Å²) in [6.45, 7) is 3.57. The van der Waals surface area contributed by atoms with Crippen LogP contribution < -0.4 is 0 Å². The van der Waals surface area contributed by atoms with Gasteiger partial charge in [0.25, 0.3) is 0 Å². The van der Waals surface area contributed by atoms with Gasteiger partial charge in [-0.05, 0) is 77.0 Å². The molecule has 0 saturated heterocycles. The number of aliphatic hydroxyl groups excluding tert-OH is 4. The highest BCUT2D eigenvalue weighted by Crippen LogP contribution is 2.23. The van der Waals surface area contributed by atoms with E-state index in [2.05, 4.69) is 38.2 Å². The molecular formula is C42H78O7. The van der Waals surface area contributed by atoms with Crippen molar-refractivity contribution >= 4 is 11.9 Å². The topological polar surface area (TPSA) is 124 Å². The molecule has 0 saturated carbocycles. The molecule has 7 nitrogen and oxygen atoms in total. The lowest BCUT2D eigenvalue weighted by molar-refractivity contribution is -0.167. The highest BCUT2D eigenvalue weighted by Gasteiger charge is 2.29. The maximum Gasteiger partial charge on any atom is 0.316 e. The normalized spacial score (nSPS) is 14.4. The third kappa shape index (κ3) is 31.0. The third-order valence-corrected chi connectivity index (χ3v) is 9.53. The van der Waals surface area contributed by atoms with Gasteiger partial charge in [-0.15, -0.1) is 0 Å². The molecule has 0 spiro atoms. The smallest absolute Gasteiger partial charge is 0.316 e. The highest BCUT2D eigenvalue weighted by molar-refractivity contribution is 5.88. The second-order valence-corrected chi connectivity index (χ2v) is 14.3. The molecule has 288 valence electrons. The van der Waals surface area contributed by atoms with Gasteiger partial charge in [0.15, 0.2) is 0 Å². The second-order valence-electron chi connectivity index (χ2n) is 14.3. The van der Waals surface area contributed by atoms with Crippen molar-refractivity contribution in [1.29, 1.82) is 0 Å². The molecule has 0 aromatic carbocycles. The first-order valence-corrected chi connectivity index (χ1v) is 20.5. The summed E-state index contributed by atoms with van der Waals surface area (Å²) in [4.78, 5) is 26.1. The monoisotopic (exact) mass is 695 g/mol. The summed E-state index contributed by atoms with van der Waals surface area (Å²) in [5.74, 6) is -2.71. The van der Waals surface area contributed by atoms with Crippen LogP contribution in [0.2, 0.25) is 0 Å². The van der Waals surface area contributed by atoms with E-state index in [1.54, 1.807) is 0 Å². The molecule has 0 aliphatic carbocycles. The lowest BCUT2D eigenvalue weighted by Crippen LogP contribution is -2.31. The molecule has 0 bridgehead atoms. The van der Waals surface area contributed by atoms with Gasteiger partial charge in [0.1, 0.15) is 0 Å². The number of allylic oxidation sites excluding steroid dienone is 4. The van der Waals surface area contributed by atoms with Gasteiger partial charge < -0.3 is 25.2 Å². The molecule has 0 radical (unpaired) electrons. The molecule has 0 aromatic heterocycles. The molecule has 0 fully saturated rings. The molecule has 0 amide bonds. The van der Waals surface area contributed by atoms with E-state index in [0.29, 0.717) is 12.8 Å². The predicted octanol–water partition coefficient (Wildman–Crippen LogP) is 10.1. The van der Waals surface area contributed by atoms with Gasteiger partial charge in [0, 0.05) is 0 Å². The van der Waals surface area contributed by atoms with Crippen molar-refractivity contribution in [3.63, 3.8) is 0 Å². The van der Waals surface area contributed by atoms with Gasteiger partial charge in [0.2, 0.25) is 0 Å². The molecule has 0 heterocycles. The Bertz CT molecular complexity index is 732. The molecular weight excluding hydrogens is 616 g/mol. The van der Waals surface area contributed by atoms with E-state index in [1.165, 1.54) is 77.0 Å². The molecule has 4 atom stereocenters. The third-order valence-electron chi connectivity index (χ3n) is 9.53. The zero-order valence-corrected chi connectivity index (χ0v) is 31.8. The number of hydrogen-bond acceptors (Lipinski definition) is 7. The van der Waals surface area contributed by atoms with E-state index in [-0.39, 0.29) is 12.8 Å². The summed E-state index contributed by atoms with van der Waals surface area (Å²) >= 11 is 0. The Kier molecular flexibility index (Phi) is 35.1. The minimum absolute atomic E-state index is 0.0428. The average Bonchev–Trinajstić information content (AvgIpc) is 3.10. The number of aliphatic hydroxyl groups is 4. The number of ether oxygens (including phenoxy) is 1. The minimum Gasteiger partial charge on any atom is -0.394 e. The Balaban J connectivity index is 4.51. The van der Waals surface area contributed by atoms with Gasteiger partial charge in [-0.25, -0.2) is 0 Å². The molecule has 7 heteroatoms. The number of hydrogen-bond donors (Lipinski definition) is 4. The second kappa shape index (κ2) is 36.3. The Morgan fingerprint density at radius 2 is 0.755 bits per heavy atom. The van der Waals surface area contributed by atoms with Gasteiger partial charge in [-0.3, -0.25) is 9.59 Å². The van der Waals surface area contributed by atoms with Crippen molar-refractivity contribution in [3.8, 4) is 0 Å². The van der Waals surface area contributed by atoms with Gasteiger partial charge in [-0.2, -0.15) is 0 Å². The van der Waals surface area contributed by atoms with E-state index in [4.69, 9.17) is 4.74 Å². The van der Waals surface area contributed by atoms with Crippen LogP contribution in [0.15, 0.2) is 24.3 Å². The maximum absolute atomic E-state index is 13.1. The van der Waals surface area contributed by atoms with Crippen LogP contribution in [-0.4, -0.2) is 57.8 Å². The number of carbonyl (C=O) groups is 2. The van der Waals surface area contributed by atoms with E-state index < -0.39 is 49.2 Å². The molecule has 0 aliphatic heterocycles. The van der Waals surface area contributed by atoms with Crippen LogP contribution in [0.3, 0.4) is 0 Å². The Morgan fingerprint density at radius 1 is 0.469 bits per heavy atom. The summed E-state index contributed by atoms with van der Waals surface area (Å²) in [6, 6.07) is 0. The van der Waals surface area contributed by atoms with Gasteiger partial charge in [-0.1, -0.05) is 141 Å².